The zero-order valence-corrected chi connectivity index (χ0v) is 77.9. The van der Waals surface area contributed by atoms with E-state index in [1.165, 1.54) is 53.0 Å². The summed E-state index contributed by atoms with van der Waals surface area (Å²) < 4.78 is 0. The third-order valence-electron chi connectivity index (χ3n) is 24.1. The first kappa shape index (κ1) is 105. The highest BCUT2D eigenvalue weighted by atomic mass is 32.2. The van der Waals surface area contributed by atoms with Crippen molar-refractivity contribution in [2.75, 3.05) is 65.4 Å². The lowest BCUT2D eigenvalue weighted by molar-refractivity contribution is -0.149. The number of aliphatic hydroxyl groups is 2. The van der Waals surface area contributed by atoms with Crippen LogP contribution < -0.4 is 75.7 Å². The summed E-state index contributed by atoms with van der Waals surface area (Å²) in [6, 6.07) is -4.49. The number of amides is 17. The molecular formula is C90H127N25O19S. The molecule has 45 heteroatoms. The number of benzene rings is 2. The molecule has 0 bridgehead atoms. The van der Waals surface area contributed by atoms with E-state index in [1.54, 1.807) is 86.9 Å². The monoisotopic (exact) mass is 1890 g/mol. The molecule has 3 fully saturated rings. The first-order valence-electron chi connectivity index (χ1n) is 45.3. The number of nitrogens with zero attached hydrogens (tertiary/aromatic N) is 7. The number of pyridine rings is 1. The number of nitrogens with two attached hydrogens (primary N) is 3. The van der Waals surface area contributed by atoms with Gasteiger partial charge in [0.2, 0.25) is 100 Å². The van der Waals surface area contributed by atoms with E-state index in [2.05, 4.69) is 83.4 Å². The lowest BCUT2D eigenvalue weighted by atomic mass is 10.00. The Bertz CT molecular complexity index is 5190. The number of imidazole rings is 1. The van der Waals surface area contributed by atoms with Crippen molar-refractivity contribution in [1.82, 2.24) is 108 Å². The lowest BCUT2D eigenvalue weighted by Gasteiger charge is -2.36. The van der Waals surface area contributed by atoms with Gasteiger partial charge in [-0.15, -0.1) is 11.8 Å². The number of aliphatic hydroxyl groups excluding tert-OH is 2. The number of thioether (sulfide) groups is 1. The van der Waals surface area contributed by atoms with Crippen molar-refractivity contribution in [2.45, 2.75) is 234 Å². The Morgan fingerprint density at radius 1 is 0.563 bits per heavy atom. The number of primary amides is 2. The third-order valence-corrected chi connectivity index (χ3v) is 25.1. The molecule has 23 N–H and O–H groups in total. The summed E-state index contributed by atoms with van der Waals surface area (Å²) in [7, 11) is 3.93. The molecule has 1 unspecified atom stereocenters. The number of hydrogen-bond donors (Lipinski definition) is 20. The van der Waals surface area contributed by atoms with Crippen LogP contribution in [-0.4, -0.2) is 322 Å². The number of likely N-dealkylation sites (N-methyl/N-ethyl adjacent to an activating group) is 3. The molecule has 17 amide bonds. The number of guanidine groups is 1. The minimum atomic E-state index is -1.89. The number of carbonyl (C=O) groups excluding carboxylic acids is 17. The van der Waals surface area contributed by atoms with Gasteiger partial charge in [-0.1, -0.05) is 95.8 Å². The van der Waals surface area contributed by atoms with Crippen LogP contribution in [0.15, 0.2) is 98.0 Å². The summed E-state index contributed by atoms with van der Waals surface area (Å²) in [4.78, 5) is 273. The Balaban J connectivity index is 1.10. The molecule has 2 aromatic carbocycles. The van der Waals surface area contributed by atoms with Gasteiger partial charge in [0.1, 0.15) is 84.6 Å². The fourth-order valence-electron chi connectivity index (χ4n) is 16.7. The van der Waals surface area contributed by atoms with Crippen molar-refractivity contribution in [3.63, 3.8) is 0 Å². The highest BCUT2D eigenvalue weighted by Gasteiger charge is 2.47. The Labute approximate surface area is 784 Å². The second-order valence-electron chi connectivity index (χ2n) is 34.7. The molecule has 0 spiro atoms. The number of aromatic nitrogens is 5. The summed E-state index contributed by atoms with van der Waals surface area (Å²) >= 11 is 0.779. The van der Waals surface area contributed by atoms with Gasteiger partial charge >= 0.3 is 0 Å². The van der Waals surface area contributed by atoms with E-state index in [0.29, 0.717) is 64.2 Å². The molecule has 15 atom stereocenters. The lowest BCUT2D eigenvalue weighted by Crippen LogP contribution is -2.62. The predicted molar refractivity (Wildman–Crippen MR) is 496 cm³/mol. The van der Waals surface area contributed by atoms with Gasteiger partial charge in [0, 0.05) is 131 Å². The Kier molecular flexibility index (Phi) is 39.3. The van der Waals surface area contributed by atoms with Crippen molar-refractivity contribution in [2.24, 2.45) is 23.1 Å². The average molecular weight is 1900 g/mol. The quantitative estimate of drug-likeness (QED) is 0.0144. The van der Waals surface area contributed by atoms with Crippen molar-refractivity contribution >= 4 is 140 Å². The minimum Gasteiger partial charge on any atom is -0.394 e. The summed E-state index contributed by atoms with van der Waals surface area (Å²) in [5.74, 6) is -17.7. The fourth-order valence-corrected chi connectivity index (χ4v) is 17.5. The highest BCUT2D eigenvalue weighted by Crippen LogP contribution is 2.28. The molecule has 0 saturated carbocycles. The Hall–Kier alpha value is -13.6. The molecule has 3 aliphatic heterocycles. The SMILES string of the molecule is CCCC[C@H]1C(=O)N(C)[C@@H](CCCC)C(=O)N[C@@H](CCCNC(=N)N)C(=O)N[C@H](C(=O)NCC(N)=O)CSCC(=O)N[C@@H](Cc2cccnc2)C(=O)N(C)[C@@H](C)C(=O)N[C@@H](CC(N)=O)C(=O)N2CCC[C@H]2C(=O)N[C@@H](Cc2c[nH]cn2)C(=O)N[C@@H](CC(C)C)C(=O)N2C[C@H](O)CC2C(=O)N[C@@H](Cc2c[nH]c3ccccc23)C(=O)N[C@@H](CO)C(=O)N[C@@H](Cc2c[nH]c3ccccc23)C(=O)N1C. The van der Waals surface area contributed by atoms with Gasteiger partial charge in [-0.2, -0.15) is 0 Å². The second-order valence-corrected chi connectivity index (χ2v) is 35.7. The smallest absolute Gasteiger partial charge is 0.246 e. The van der Waals surface area contributed by atoms with Crippen LogP contribution in [0.2, 0.25) is 0 Å². The number of para-hydroxylation sites is 2. The van der Waals surface area contributed by atoms with Gasteiger partial charge in [-0.3, -0.25) is 91.9 Å². The number of hydrogen-bond acceptors (Lipinski definition) is 23. The van der Waals surface area contributed by atoms with E-state index < -0.39 is 241 Å². The van der Waals surface area contributed by atoms with Crippen LogP contribution in [0.1, 0.15) is 140 Å². The minimum absolute atomic E-state index is 0.00768. The standard InChI is InChI=1S/C90H127N25O19S/c1-9-11-26-69-82(127)103-60(25-18-30-97-90(93)94)78(123)110-68(77(122)100-43-74(92)119)46-135-47-75(120)102-64(33-51-20-17-29-95-39-51)85(130)111(6)50(5)76(121)106-66(38-73(91)118)87(132)114-31-19-28-70(114)83(128)105-62(36-54-42-96-48-101-54)80(125)107-63(32-49(3)4)88(133)115-44-55(117)37-72(115)84(129)104-61(34-52-40-98-58-23-15-13-21-56(52)58)79(124)109-67(45-116)81(126)108-65(35-53-41-99-59-24-16-14-22-57(53)59)86(131)113(8)71(27-12-10-2)89(134)112(69)7/h13-17,20-24,29,39-42,48-50,55,60-72,98-99,116-117H,9-12,18-19,25-28,30-38,43-47H2,1-8H3,(H2,91,118)(H2,92,119)(H,96,101)(H,100,122)(H,102,120)(H,103,127)(H,104,129)(H,105,128)(H,106,121)(H,107,125)(H,108,126)(H,109,124)(H,110,123)(H4,93,94,97)/t50-,55+,60-,61-,62-,63-,64-,65-,66-,67-,68-,69-,70-,71-,72?/m0/s1. The highest BCUT2D eigenvalue weighted by molar-refractivity contribution is 8.00. The zero-order valence-electron chi connectivity index (χ0n) is 77.1. The maximum absolute atomic E-state index is 15.8. The van der Waals surface area contributed by atoms with Gasteiger partial charge in [0.05, 0.1) is 43.5 Å². The largest absolute Gasteiger partial charge is 0.394 e. The van der Waals surface area contributed by atoms with Gasteiger partial charge < -0.3 is 125 Å². The average Bonchev–Trinajstić information content (AvgIpc) is 1.72. The van der Waals surface area contributed by atoms with E-state index in [9.17, 15) is 53.4 Å². The van der Waals surface area contributed by atoms with Crippen molar-refractivity contribution < 1.29 is 91.7 Å². The zero-order chi connectivity index (χ0) is 98.4. The van der Waals surface area contributed by atoms with Gasteiger partial charge in [0.15, 0.2) is 5.96 Å². The molecule has 0 aliphatic carbocycles. The topological polar surface area (TPSA) is 654 Å². The molecule has 135 heavy (non-hydrogen) atoms. The summed E-state index contributed by atoms with van der Waals surface area (Å²) in [5, 5.41) is 61.0. The number of carbonyl (C=O) groups is 17. The van der Waals surface area contributed by atoms with E-state index in [0.717, 1.165) is 36.3 Å². The Morgan fingerprint density at radius 2 is 1.12 bits per heavy atom. The molecule has 6 aromatic rings. The summed E-state index contributed by atoms with van der Waals surface area (Å²) in [5.41, 5.74) is 19.8. The van der Waals surface area contributed by atoms with Crippen LogP contribution >= 0.6 is 11.8 Å². The normalized spacial score (nSPS) is 24.8. The van der Waals surface area contributed by atoms with E-state index in [-0.39, 0.29) is 95.3 Å². The molecule has 7 heterocycles. The van der Waals surface area contributed by atoms with Crippen LogP contribution in [-0.2, 0) is 107 Å². The van der Waals surface area contributed by atoms with Crippen molar-refractivity contribution in [1.29, 1.82) is 5.41 Å². The number of H-pyrrole nitrogens is 3. The second kappa shape index (κ2) is 50.5. The van der Waals surface area contributed by atoms with E-state index in [1.807, 2.05) is 13.8 Å². The first-order chi connectivity index (χ1) is 64.4. The number of fused-ring (bicyclic) bond motifs is 4. The molecule has 4 aromatic heterocycles. The van der Waals surface area contributed by atoms with E-state index >= 15 is 38.4 Å². The van der Waals surface area contributed by atoms with Crippen LogP contribution in [0.4, 0.5) is 0 Å². The van der Waals surface area contributed by atoms with Gasteiger partial charge in [-0.25, -0.2) is 4.98 Å². The summed E-state index contributed by atoms with van der Waals surface area (Å²) in [6.45, 7) is 6.07. The maximum atomic E-state index is 15.8. The van der Waals surface area contributed by atoms with Crippen LogP contribution in [0.5, 0.6) is 0 Å². The number of aromatic amines is 3. The van der Waals surface area contributed by atoms with Crippen molar-refractivity contribution in [3.05, 3.63) is 120 Å². The molecule has 732 valence electrons. The van der Waals surface area contributed by atoms with Gasteiger partial charge in [0.25, 0.3) is 0 Å². The van der Waals surface area contributed by atoms with Crippen molar-refractivity contribution in [3.8, 4) is 0 Å². The molecular weight excluding hydrogens is 1770 g/mol. The number of rotatable bonds is 26. The van der Waals surface area contributed by atoms with E-state index in [4.69, 9.17) is 22.6 Å². The fraction of sp³-hybridized carbons (Fsp3) is 0.533. The molecule has 3 aliphatic rings. The maximum Gasteiger partial charge on any atom is 0.246 e. The summed E-state index contributed by atoms with van der Waals surface area (Å²) in [6.07, 6.45) is 6.74. The predicted octanol–water partition coefficient (Wildman–Crippen LogP) is -3.24. The van der Waals surface area contributed by atoms with Crippen LogP contribution in [0, 0.1) is 11.3 Å². The molecule has 44 nitrogen and oxygen atoms in total. The third kappa shape index (κ3) is 29.5. The molecule has 9 rings (SSSR count). The molecule has 3 saturated heterocycles. The first-order valence-corrected chi connectivity index (χ1v) is 46.4. The van der Waals surface area contributed by atoms with Gasteiger partial charge in [-0.05, 0) is 92.7 Å². The van der Waals surface area contributed by atoms with Crippen LogP contribution in [0.3, 0.4) is 0 Å². The number of unbranched alkanes of at least 4 members (excludes halogenated alkanes) is 2. The van der Waals surface area contributed by atoms with Crippen LogP contribution in [0.25, 0.3) is 21.8 Å². The Morgan fingerprint density at radius 3 is 1.72 bits per heavy atom. The number of nitrogens with one attached hydrogen (secondary N) is 15. The molecule has 0 radical (unpaired) electrons.